The maximum Gasteiger partial charge on any atom is 0.525 e. The topological polar surface area (TPSA) is 146 Å². The molecule has 2 saturated heterocycles. The lowest BCUT2D eigenvalue weighted by Crippen LogP contribution is -2.31. The van der Waals surface area contributed by atoms with Crippen molar-refractivity contribution in [3.05, 3.63) is 0 Å². The molecule has 0 amide bonds. The van der Waals surface area contributed by atoms with Crippen LogP contribution in [0.3, 0.4) is 0 Å². The molecule has 2 heterocycles. The Morgan fingerprint density at radius 3 is 1.47 bits per heavy atom. The van der Waals surface area contributed by atoms with Crippen molar-refractivity contribution < 1.29 is 71.5 Å². The highest BCUT2D eigenvalue weighted by molar-refractivity contribution is 7.87. The third kappa shape index (κ3) is 11.9. The number of halogens is 6. The molecule has 2 aliphatic heterocycles. The summed E-state index contributed by atoms with van der Waals surface area (Å²) in [7, 11) is -11.3. The first-order chi connectivity index (χ1) is 14.6. The molecule has 2 rings (SSSR count). The molecule has 2 N–H and O–H groups in total. The van der Waals surface area contributed by atoms with Crippen molar-refractivity contribution in [3.8, 4) is 0 Å². The number of ether oxygens (including phenoxy) is 2. The second-order valence-corrected chi connectivity index (χ2v) is 9.45. The van der Waals surface area contributed by atoms with Gasteiger partial charge in [0.15, 0.2) is 0 Å². The molecule has 0 radical (unpaired) electrons. The van der Waals surface area contributed by atoms with Gasteiger partial charge in [-0.1, -0.05) is 0 Å². The van der Waals surface area contributed by atoms with Crippen molar-refractivity contribution in [2.75, 3.05) is 26.4 Å². The van der Waals surface area contributed by atoms with Gasteiger partial charge in [0.05, 0.1) is 25.4 Å². The third-order valence-electron chi connectivity index (χ3n) is 3.83. The molecular formula is C14H24F6O10S2. The van der Waals surface area contributed by atoms with E-state index in [0.29, 0.717) is 13.0 Å². The summed E-state index contributed by atoms with van der Waals surface area (Å²) in [4.78, 5) is 0. The van der Waals surface area contributed by atoms with E-state index in [-0.39, 0.29) is 12.7 Å². The van der Waals surface area contributed by atoms with Crippen LogP contribution in [-0.2, 0) is 38.2 Å². The van der Waals surface area contributed by atoms with E-state index in [0.717, 1.165) is 32.3 Å². The van der Waals surface area contributed by atoms with Crippen molar-refractivity contribution in [1.82, 2.24) is 0 Å². The predicted molar refractivity (Wildman–Crippen MR) is 93.9 cm³/mol. The Kier molecular flexibility index (Phi) is 13.5. The van der Waals surface area contributed by atoms with Gasteiger partial charge >= 0.3 is 31.3 Å². The molecule has 2 atom stereocenters. The first kappa shape index (κ1) is 31.2. The van der Waals surface area contributed by atoms with Crippen LogP contribution in [0.25, 0.3) is 0 Å². The van der Waals surface area contributed by atoms with E-state index in [1.807, 2.05) is 0 Å². The van der Waals surface area contributed by atoms with Crippen molar-refractivity contribution >= 4 is 20.2 Å². The van der Waals surface area contributed by atoms with E-state index >= 15 is 0 Å². The Morgan fingerprint density at radius 2 is 1.22 bits per heavy atom. The van der Waals surface area contributed by atoms with Crippen molar-refractivity contribution in [1.29, 1.82) is 0 Å². The lowest BCUT2D eigenvalue weighted by Gasteiger charge is -2.22. The van der Waals surface area contributed by atoms with E-state index in [2.05, 4.69) is 8.52 Å². The zero-order valence-electron chi connectivity index (χ0n) is 16.5. The molecule has 32 heavy (non-hydrogen) atoms. The molecule has 0 aromatic carbocycles. The van der Waals surface area contributed by atoms with Gasteiger partial charge in [0.1, 0.15) is 0 Å². The fraction of sp³-hybridized carbons (Fsp3) is 1.00. The van der Waals surface area contributed by atoms with Crippen LogP contribution in [0.15, 0.2) is 0 Å². The Labute approximate surface area is 180 Å². The summed E-state index contributed by atoms with van der Waals surface area (Å²) in [6, 6.07) is 0. The van der Waals surface area contributed by atoms with Gasteiger partial charge < -0.3 is 14.6 Å². The van der Waals surface area contributed by atoms with Gasteiger partial charge in [-0.05, 0) is 38.5 Å². The minimum atomic E-state index is -5.78. The van der Waals surface area contributed by atoms with Crippen LogP contribution in [0.5, 0.6) is 0 Å². The minimum absolute atomic E-state index is 0.142. The second kappa shape index (κ2) is 13.8. The van der Waals surface area contributed by atoms with Gasteiger partial charge in [0, 0.05) is 13.2 Å². The van der Waals surface area contributed by atoms with Gasteiger partial charge in [0.25, 0.3) is 0 Å². The minimum Gasteiger partial charge on any atom is -0.394 e. The standard InChI is InChI=1S/C7H11F3O4S.C6H12O2.CHF3O4S/c8-7(9,10)15(11,12)14-5-6-3-1-2-4-13-6;7-5-6-3-1-2-4-8-6;2-1(3,4)9(6,7)8-5/h6H,1-5H2;6-7H,1-5H2;5H. The van der Waals surface area contributed by atoms with E-state index in [4.69, 9.17) is 19.8 Å². The highest BCUT2D eigenvalue weighted by atomic mass is 32.2. The summed E-state index contributed by atoms with van der Waals surface area (Å²) in [6.07, 6.45) is 5.16. The summed E-state index contributed by atoms with van der Waals surface area (Å²) < 4.78 is 124. The number of hydrogen-bond acceptors (Lipinski definition) is 10. The van der Waals surface area contributed by atoms with Crippen molar-refractivity contribution in [2.45, 2.75) is 61.7 Å². The fourth-order valence-corrected chi connectivity index (χ4v) is 2.71. The largest absolute Gasteiger partial charge is 0.525 e. The van der Waals surface area contributed by atoms with Crippen LogP contribution in [-0.4, -0.2) is 76.9 Å². The SMILES string of the molecule is O=S(=O)(OCC1CCCCO1)C(F)(F)F.O=S(=O)(OO)C(F)(F)F.OCC1CCCCO1. The van der Waals surface area contributed by atoms with E-state index in [9.17, 15) is 43.2 Å². The molecule has 2 aliphatic rings. The smallest absolute Gasteiger partial charge is 0.394 e. The van der Waals surface area contributed by atoms with Crippen molar-refractivity contribution in [3.63, 3.8) is 0 Å². The highest BCUT2D eigenvalue weighted by Gasteiger charge is 2.48. The summed E-state index contributed by atoms with van der Waals surface area (Å²) in [5, 5.41) is 15.7. The van der Waals surface area contributed by atoms with Crippen LogP contribution >= 0.6 is 0 Å². The van der Waals surface area contributed by atoms with Crippen LogP contribution in [0, 0.1) is 0 Å². The van der Waals surface area contributed by atoms with Crippen LogP contribution < -0.4 is 0 Å². The van der Waals surface area contributed by atoms with E-state index < -0.39 is 44.0 Å². The molecule has 2 unspecified atom stereocenters. The second-order valence-electron chi connectivity index (χ2n) is 6.32. The molecule has 0 aliphatic carbocycles. The van der Waals surface area contributed by atoms with Gasteiger partial charge in [-0.3, -0.25) is 4.18 Å². The molecule has 18 heteroatoms. The van der Waals surface area contributed by atoms with Gasteiger partial charge in [0.2, 0.25) is 0 Å². The third-order valence-corrected chi connectivity index (χ3v) is 5.60. The summed E-state index contributed by atoms with van der Waals surface area (Å²) >= 11 is 0. The predicted octanol–water partition coefficient (Wildman–Crippen LogP) is 2.30. The lowest BCUT2D eigenvalue weighted by atomic mass is 10.1. The van der Waals surface area contributed by atoms with Gasteiger partial charge in [-0.2, -0.15) is 43.2 Å². The first-order valence-electron chi connectivity index (χ1n) is 9.01. The molecule has 0 aromatic rings. The Balaban J connectivity index is 0.000000485. The number of rotatable bonds is 5. The van der Waals surface area contributed by atoms with Crippen LogP contribution in [0.2, 0.25) is 0 Å². The van der Waals surface area contributed by atoms with Crippen LogP contribution in [0.1, 0.15) is 38.5 Å². The molecule has 10 nitrogen and oxygen atoms in total. The Hall–Kier alpha value is -0.760. The molecule has 2 fully saturated rings. The fourth-order valence-electron chi connectivity index (χ4n) is 2.16. The first-order valence-corrected chi connectivity index (χ1v) is 11.8. The normalized spacial score (nSPS) is 22.8. The summed E-state index contributed by atoms with van der Waals surface area (Å²) in [5.74, 6) is 0. The van der Waals surface area contributed by atoms with Crippen molar-refractivity contribution in [2.24, 2.45) is 0 Å². The van der Waals surface area contributed by atoms with Gasteiger partial charge in [-0.15, -0.1) is 4.33 Å². The Bertz CT molecular complexity index is 711. The maximum atomic E-state index is 11.8. The average Bonchev–Trinajstić information content (AvgIpc) is 2.73. The maximum absolute atomic E-state index is 11.8. The van der Waals surface area contributed by atoms with E-state index in [1.54, 1.807) is 0 Å². The number of alkyl halides is 6. The summed E-state index contributed by atoms with van der Waals surface area (Å²) in [5.41, 5.74) is -10.9. The highest BCUT2D eigenvalue weighted by Crippen LogP contribution is 2.25. The monoisotopic (exact) mass is 530 g/mol. The number of aliphatic hydroxyl groups excluding tert-OH is 1. The van der Waals surface area contributed by atoms with Crippen LogP contribution in [0.4, 0.5) is 26.3 Å². The molecule has 0 saturated carbocycles. The zero-order valence-corrected chi connectivity index (χ0v) is 18.1. The molecule has 0 bridgehead atoms. The Morgan fingerprint density at radius 1 is 0.781 bits per heavy atom. The number of hydrogen-bond donors (Lipinski definition) is 2. The average molecular weight is 530 g/mol. The zero-order chi connectivity index (χ0) is 25.1. The lowest BCUT2D eigenvalue weighted by molar-refractivity contribution is -0.156. The number of aliphatic hydroxyl groups is 1. The molecule has 0 aromatic heterocycles. The molecule has 194 valence electrons. The van der Waals surface area contributed by atoms with E-state index in [1.165, 1.54) is 6.42 Å². The quantitative estimate of drug-likeness (QED) is 0.179. The molecule has 0 spiro atoms. The summed E-state index contributed by atoms with van der Waals surface area (Å²) in [6.45, 7) is 0.896. The van der Waals surface area contributed by atoms with Gasteiger partial charge in [-0.25, -0.2) is 5.26 Å². The molecular weight excluding hydrogens is 506 g/mol.